The van der Waals surface area contributed by atoms with Gasteiger partial charge in [-0.15, -0.1) is 10.2 Å². The third-order valence-corrected chi connectivity index (χ3v) is 5.96. The Kier molecular flexibility index (Phi) is 6.42. The molecule has 10 heteroatoms. The number of thiocarbonyl (C=S) groups is 1. The second kappa shape index (κ2) is 9.41. The number of anilines is 1. The van der Waals surface area contributed by atoms with Crippen molar-refractivity contribution in [2.75, 3.05) is 11.9 Å². The van der Waals surface area contributed by atoms with Crippen molar-refractivity contribution >= 4 is 45.2 Å². The van der Waals surface area contributed by atoms with E-state index in [0.29, 0.717) is 5.75 Å². The van der Waals surface area contributed by atoms with Gasteiger partial charge in [-0.3, -0.25) is 10.1 Å². The molecule has 2 aromatic heterocycles. The molecule has 0 atom stereocenters. The van der Waals surface area contributed by atoms with Crippen LogP contribution in [0.2, 0.25) is 0 Å². The van der Waals surface area contributed by atoms with Gasteiger partial charge in [0.05, 0.1) is 0 Å². The van der Waals surface area contributed by atoms with Gasteiger partial charge >= 0.3 is 0 Å². The van der Waals surface area contributed by atoms with Crippen LogP contribution >= 0.6 is 23.6 Å². The number of carbonyl (C=O) groups excluding carboxylic acids is 1. The molecule has 0 radical (unpaired) electrons. The third kappa shape index (κ3) is 4.76. The molecular weight excluding hydrogens is 444 g/mol. The van der Waals surface area contributed by atoms with Crippen LogP contribution in [0.1, 0.15) is 23.9 Å². The highest BCUT2D eigenvalue weighted by atomic mass is 32.1. The minimum atomic E-state index is -0.333. The van der Waals surface area contributed by atoms with Crippen molar-refractivity contribution in [3.63, 3.8) is 0 Å². The smallest absolute Gasteiger partial charge is 0.264 e. The van der Waals surface area contributed by atoms with E-state index in [4.69, 9.17) is 17.0 Å². The van der Waals surface area contributed by atoms with Crippen LogP contribution in [-0.4, -0.2) is 37.4 Å². The summed E-state index contributed by atoms with van der Waals surface area (Å²) in [5.41, 5.74) is 3.66. The summed E-state index contributed by atoms with van der Waals surface area (Å²) >= 11 is 6.79. The minimum absolute atomic E-state index is 0.127. The number of hydrogen-bond donors (Lipinski definition) is 2. The maximum Gasteiger partial charge on any atom is 0.264 e. The van der Waals surface area contributed by atoms with E-state index in [1.54, 1.807) is 4.52 Å². The molecule has 0 fully saturated rings. The molecule has 8 nitrogen and oxygen atoms in total. The standard InChI is InChI=1S/C22H22N6O2S2/c1-4-18-25-26-22-28(18)27-20(32-22)15-10-9-13(2)16(11-15)23-21(31)24-19(29)12-30-17-8-6-5-7-14(17)3/h5-11H,4,12H2,1-3H3,(H2,23,24,29,31). The predicted octanol–water partition coefficient (Wildman–Crippen LogP) is 3.92. The topological polar surface area (TPSA) is 93.4 Å². The molecule has 1 amide bonds. The maximum atomic E-state index is 12.2. The third-order valence-electron chi connectivity index (χ3n) is 4.81. The molecule has 0 bridgehead atoms. The highest BCUT2D eigenvalue weighted by Crippen LogP contribution is 2.29. The van der Waals surface area contributed by atoms with Crippen molar-refractivity contribution in [2.45, 2.75) is 27.2 Å². The number of hydrogen-bond acceptors (Lipinski definition) is 7. The second-order valence-corrected chi connectivity index (χ2v) is 8.52. The molecule has 2 aromatic carbocycles. The van der Waals surface area contributed by atoms with Crippen molar-refractivity contribution in [3.8, 4) is 16.3 Å². The lowest BCUT2D eigenvalue weighted by Crippen LogP contribution is -2.37. The van der Waals surface area contributed by atoms with Gasteiger partial charge in [0.15, 0.2) is 17.5 Å². The summed E-state index contributed by atoms with van der Waals surface area (Å²) in [6.45, 7) is 5.78. The van der Waals surface area contributed by atoms with E-state index < -0.39 is 0 Å². The van der Waals surface area contributed by atoms with E-state index in [1.807, 2.05) is 63.2 Å². The second-order valence-electron chi connectivity index (χ2n) is 7.16. The molecule has 2 N–H and O–H groups in total. The monoisotopic (exact) mass is 466 g/mol. The number of aryl methyl sites for hydroxylation is 3. The first-order chi connectivity index (χ1) is 15.4. The van der Waals surface area contributed by atoms with Crippen LogP contribution in [0.5, 0.6) is 5.75 Å². The Balaban J connectivity index is 1.42. The summed E-state index contributed by atoms with van der Waals surface area (Å²) in [7, 11) is 0. The number of nitrogens with one attached hydrogen (secondary N) is 2. The van der Waals surface area contributed by atoms with E-state index in [-0.39, 0.29) is 17.6 Å². The fraction of sp³-hybridized carbons (Fsp3) is 0.227. The molecule has 4 rings (SSSR count). The maximum absolute atomic E-state index is 12.2. The van der Waals surface area contributed by atoms with E-state index in [0.717, 1.165) is 44.6 Å². The summed E-state index contributed by atoms with van der Waals surface area (Å²) in [6, 6.07) is 13.5. The molecule has 32 heavy (non-hydrogen) atoms. The summed E-state index contributed by atoms with van der Waals surface area (Å²) < 4.78 is 7.34. The van der Waals surface area contributed by atoms with Gasteiger partial charge in [0.25, 0.3) is 5.91 Å². The molecule has 0 aliphatic heterocycles. The van der Waals surface area contributed by atoms with E-state index in [1.165, 1.54) is 11.3 Å². The number of carbonyl (C=O) groups is 1. The molecule has 0 spiro atoms. The van der Waals surface area contributed by atoms with E-state index >= 15 is 0 Å². The van der Waals surface area contributed by atoms with Crippen molar-refractivity contribution in [1.29, 1.82) is 0 Å². The summed E-state index contributed by atoms with van der Waals surface area (Å²) in [6.07, 6.45) is 0.757. The van der Waals surface area contributed by atoms with Gasteiger partial charge < -0.3 is 10.1 Å². The summed E-state index contributed by atoms with van der Waals surface area (Å²) in [5.74, 6) is 1.16. The van der Waals surface area contributed by atoms with Gasteiger partial charge in [-0.2, -0.15) is 9.61 Å². The Morgan fingerprint density at radius 2 is 1.97 bits per heavy atom. The minimum Gasteiger partial charge on any atom is -0.483 e. The first-order valence-corrected chi connectivity index (χ1v) is 11.3. The van der Waals surface area contributed by atoms with E-state index in [2.05, 4.69) is 25.9 Å². The highest BCUT2D eigenvalue weighted by molar-refractivity contribution is 7.80. The lowest BCUT2D eigenvalue weighted by molar-refractivity contribution is -0.121. The van der Waals surface area contributed by atoms with Gasteiger partial charge in [0.1, 0.15) is 10.8 Å². The number of nitrogens with zero attached hydrogens (tertiary/aromatic N) is 4. The predicted molar refractivity (Wildman–Crippen MR) is 129 cm³/mol. The average Bonchev–Trinajstić information content (AvgIpc) is 3.35. The van der Waals surface area contributed by atoms with Crippen molar-refractivity contribution in [3.05, 3.63) is 59.4 Å². The molecule has 0 saturated carbocycles. The molecular formula is C22H22N6O2S2. The van der Waals surface area contributed by atoms with Crippen LogP contribution in [0.4, 0.5) is 5.69 Å². The zero-order chi connectivity index (χ0) is 22.7. The zero-order valence-corrected chi connectivity index (χ0v) is 19.5. The van der Waals surface area contributed by atoms with Crippen LogP contribution in [0.25, 0.3) is 15.5 Å². The molecule has 164 valence electrons. The van der Waals surface area contributed by atoms with Crippen molar-refractivity contribution < 1.29 is 9.53 Å². The normalized spacial score (nSPS) is 10.8. The van der Waals surface area contributed by atoms with Gasteiger partial charge in [-0.1, -0.05) is 48.6 Å². The van der Waals surface area contributed by atoms with Crippen LogP contribution in [-0.2, 0) is 11.2 Å². The number of benzene rings is 2. The van der Waals surface area contributed by atoms with Crippen LogP contribution < -0.4 is 15.4 Å². The molecule has 2 heterocycles. The van der Waals surface area contributed by atoms with Crippen molar-refractivity contribution in [1.82, 2.24) is 25.1 Å². The molecule has 0 saturated heterocycles. The Bertz CT molecular complexity index is 1300. The highest BCUT2D eigenvalue weighted by Gasteiger charge is 2.14. The first-order valence-electron chi connectivity index (χ1n) is 10.1. The number of ether oxygens (including phenoxy) is 1. The number of fused-ring (bicyclic) bond motifs is 1. The van der Waals surface area contributed by atoms with Crippen LogP contribution in [0.3, 0.4) is 0 Å². The van der Waals surface area contributed by atoms with E-state index in [9.17, 15) is 4.79 Å². The van der Waals surface area contributed by atoms with Gasteiger partial charge in [0.2, 0.25) is 4.96 Å². The average molecular weight is 467 g/mol. The fourth-order valence-corrected chi connectivity index (χ4v) is 4.14. The number of aromatic nitrogens is 4. The summed E-state index contributed by atoms with van der Waals surface area (Å²) in [5, 5.41) is 19.7. The fourth-order valence-electron chi connectivity index (χ4n) is 3.06. The molecule has 0 aliphatic carbocycles. The molecule has 0 aliphatic rings. The number of amides is 1. The Morgan fingerprint density at radius 3 is 2.75 bits per heavy atom. The molecule has 4 aromatic rings. The SMILES string of the molecule is CCc1nnc2sc(-c3ccc(C)c(NC(=S)NC(=O)COc4ccccc4C)c3)nn12. The van der Waals surface area contributed by atoms with Gasteiger partial charge in [-0.25, -0.2) is 0 Å². The Hall–Kier alpha value is -3.37. The quantitative estimate of drug-likeness (QED) is 0.416. The first kappa shape index (κ1) is 21.8. The van der Waals surface area contributed by atoms with Gasteiger partial charge in [0, 0.05) is 17.7 Å². The summed E-state index contributed by atoms with van der Waals surface area (Å²) in [4.78, 5) is 13.0. The molecule has 0 unspecified atom stereocenters. The Labute approximate surface area is 194 Å². The lowest BCUT2D eigenvalue weighted by Gasteiger charge is -2.13. The van der Waals surface area contributed by atoms with Gasteiger partial charge in [-0.05, 0) is 49.3 Å². The number of para-hydroxylation sites is 1. The van der Waals surface area contributed by atoms with Crippen molar-refractivity contribution in [2.24, 2.45) is 0 Å². The van der Waals surface area contributed by atoms with Crippen LogP contribution in [0, 0.1) is 13.8 Å². The number of rotatable bonds is 6. The largest absolute Gasteiger partial charge is 0.483 e. The Morgan fingerprint density at radius 1 is 1.16 bits per heavy atom. The zero-order valence-electron chi connectivity index (χ0n) is 17.9. The van der Waals surface area contributed by atoms with Crippen LogP contribution in [0.15, 0.2) is 42.5 Å². The lowest BCUT2D eigenvalue weighted by atomic mass is 10.1.